The minimum Gasteiger partial charge on any atom is -0.396 e. The number of allylic oxidation sites excluding steroid dienone is 1. The summed E-state index contributed by atoms with van der Waals surface area (Å²) < 4.78 is 0. The van der Waals surface area contributed by atoms with Crippen LogP contribution < -0.4 is 0 Å². The molecule has 1 atom stereocenters. The third-order valence-electron chi connectivity index (χ3n) is 2.35. The molecule has 0 unspecified atom stereocenters. The van der Waals surface area contributed by atoms with E-state index >= 15 is 0 Å². The van der Waals surface area contributed by atoms with E-state index in [0.29, 0.717) is 11.8 Å². The number of aliphatic hydroxyl groups is 1. The fraction of sp³-hybridized carbons (Fsp3) is 0.800. The summed E-state index contributed by atoms with van der Waals surface area (Å²) in [5.41, 5.74) is 2.67. The van der Waals surface area contributed by atoms with Crippen LogP contribution in [0.3, 0.4) is 0 Å². The summed E-state index contributed by atoms with van der Waals surface area (Å²) in [6.07, 6.45) is 0. The first-order chi connectivity index (χ1) is 5.00. The first-order valence-electron chi connectivity index (χ1n) is 4.25. The lowest BCUT2D eigenvalue weighted by molar-refractivity contribution is 0.213. The van der Waals surface area contributed by atoms with Gasteiger partial charge >= 0.3 is 0 Å². The normalized spacial score (nSPS) is 13.4. The first kappa shape index (κ1) is 10.7. The molecule has 0 aromatic heterocycles. The third-order valence-corrected chi connectivity index (χ3v) is 2.35. The molecule has 0 rings (SSSR count). The average molecular weight is 156 g/mol. The second-order valence-corrected chi connectivity index (χ2v) is 3.72. The Hall–Kier alpha value is -0.300. The van der Waals surface area contributed by atoms with Gasteiger partial charge in [0.15, 0.2) is 0 Å². The molecule has 0 spiro atoms. The summed E-state index contributed by atoms with van der Waals surface area (Å²) in [6.45, 7) is 10.9. The van der Waals surface area contributed by atoms with Gasteiger partial charge in [0.25, 0.3) is 0 Å². The zero-order valence-electron chi connectivity index (χ0n) is 8.31. The molecule has 0 bridgehead atoms. The van der Waals surface area contributed by atoms with Gasteiger partial charge < -0.3 is 5.11 Å². The molecule has 0 aromatic rings. The van der Waals surface area contributed by atoms with Gasteiger partial charge in [-0.3, -0.25) is 0 Å². The Morgan fingerprint density at radius 1 is 1.18 bits per heavy atom. The number of hydrogen-bond acceptors (Lipinski definition) is 1. The van der Waals surface area contributed by atoms with Crippen LogP contribution in [0.1, 0.15) is 34.6 Å². The van der Waals surface area contributed by atoms with Crippen molar-refractivity contribution in [3.05, 3.63) is 11.1 Å². The minimum absolute atomic E-state index is 0.273. The van der Waals surface area contributed by atoms with Crippen LogP contribution in [0.4, 0.5) is 0 Å². The molecule has 0 saturated carbocycles. The summed E-state index contributed by atoms with van der Waals surface area (Å²) in [4.78, 5) is 0. The molecule has 0 fully saturated rings. The molecular formula is C10H20O. The Morgan fingerprint density at radius 2 is 1.64 bits per heavy atom. The summed E-state index contributed by atoms with van der Waals surface area (Å²) in [7, 11) is 0. The molecule has 0 saturated heterocycles. The van der Waals surface area contributed by atoms with Crippen LogP contribution in [0.2, 0.25) is 0 Å². The molecule has 0 aliphatic carbocycles. The van der Waals surface area contributed by atoms with Crippen LogP contribution in [-0.4, -0.2) is 11.7 Å². The topological polar surface area (TPSA) is 20.2 Å². The van der Waals surface area contributed by atoms with Gasteiger partial charge in [0.05, 0.1) is 0 Å². The molecule has 1 N–H and O–H groups in total. The highest BCUT2D eigenvalue weighted by Gasteiger charge is 2.14. The largest absolute Gasteiger partial charge is 0.396 e. The van der Waals surface area contributed by atoms with E-state index in [4.69, 9.17) is 5.11 Å². The number of rotatable bonds is 3. The molecule has 0 radical (unpaired) electrons. The van der Waals surface area contributed by atoms with Crippen LogP contribution in [0.15, 0.2) is 11.1 Å². The zero-order chi connectivity index (χ0) is 9.02. The van der Waals surface area contributed by atoms with Crippen molar-refractivity contribution in [2.24, 2.45) is 11.8 Å². The van der Waals surface area contributed by atoms with Crippen LogP contribution in [0, 0.1) is 11.8 Å². The van der Waals surface area contributed by atoms with Gasteiger partial charge in [0.1, 0.15) is 0 Å². The molecule has 11 heavy (non-hydrogen) atoms. The van der Waals surface area contributed by atoms with Gasteiger partial charge in [0, 0.05) is 12.5 Å². The van der Waals surface area contributed by atoms with Crippen LogP contribution in [-0.2, 0) is 0 Å². The van der Waals surface area contributed by atoms with Gasteiger partial charge in [-0.2, -0.15) is 0 Å². The Kier molecular flexibility index (Phi) is 4.43. The predicted molar refractivity (Wildman–Crippen MR) is 49.5 cm³/mol. The number of aliphatic hydroxyl groups excluding tert-OH is 1. The van der Waals surface area contributed by atoms with Gasteiger partial charge in [0.2, 0.25) is 0 Å². The lowest BCUT2D eigenvalue weighted by Crippen LogP contribution is -2.15. The fourth-order valence-electron chi connectivity index (χ4n) is 1.22. The van der Waals surface area contributed by atoms with Crippen molar-refractivity contribution >= 4 is 0 Å². The number of hydrogen-bond donors (Lipinski definition) is 1. The van der Waals surface area contributed by atoms with Gasteiger partial charge in [-0.05, 0) is 26.7 Å². The Bertz CT molecular complexity index is 141. The summed E-state index contributed by atoms with van der Waals surface area (Å²) in [5, 5.41) is 9.08. The third kappa shape index (κ3) is 3.06. The van der Waals surface area contributed by atoms with E-state index in [1.165, 1.54) is 11.1 Å². The lowest BCUT2D eigenvalue weighted by atomic mass is 9.88. The highest BCUT2D eigenvalue weighted by atomic mass is 16.3. The fourth-order valence-corrected chi connectivity index (χ4v) is 1.22. The maximum atomic E-state index is 9.08. The standard InChI is InChI=1S/C10H20O/c1-7(2)9(5)10(6-11)8(3)4/h8,10-11H,6H2,1-5H3/t10-/m0/s1. The molecule has 0 aliphatic rings. The van der Waals surface area contributed by atoms with E-state index in [0.717, 1.165) is 0 Å². The average Bonchev–Trinajstić information content (AvgIpc) is 1.88. The van der Waals surface area contributed by atoms with Crippen molar-refractivity contribution in [2.45, 2.75) is 34.6 Å². The van der Waals surface area contributed by atoms with Crippen LogP contribution in [0.25, 0.3) is 0 Å². The molecule has 0 aliphatic heterocycles. The van der Waals surface area contributed by atoms with Crippen molar-refractivity contribution in [1.82, 2.24) is 0 Å². The highest BCUT2D eigenvalue weighted by Crippen LogP contribution is 2.21. The molecule has 0 amide bonds. The lowest BCUT2D eigenvalue weighted by Gasteiger charge is -2.20. The SMILES string of the molecule is CC(C)=C(C)[C@@H](CO)C(C)C. The Balaban J connectivity index is 4.39. The van der Waals surface area contributed by atoms with Crippen molar-refractivity contribution in [1.29, 1.82) is 0 Å². The van der Waals surface area contributed by atoms with Crippen molar-refractivity contribution in [3.63, 3.8) is 0 Å². The van der Waals surface area contributed by atoms with Crippen molar-refractivity contribution in [3.8, 4) is 0 Å². The van der Waals surface area contributed by atoms with E-state index < -0.39 is 0 Å². The van der Waals surface area contributed by atoms with E-state index in [9.17, 15) is 0 Å². The van der Waals surface area contributed by atoms with E-state index in [-0.39, 0.29) is 6.61 Å². The van der Waals surface area contributed by atoms with E-state index in [2.05, 4.69) is 34.6 Å². The van der Waals surface area contributed by atoms with Crippen LogP contribution >= 0.6 is 0 Å². The monoisotopic (exact) mass is 156 g/mol. The predicted octanol–water partition coefficient (Wildman–Crippen LogP) is 2.61. The zero-order valence-corrected chi connectivity index (χ0v) is 8.31. The molecule has 66 valence electrons. The molecule has 1 nitrogen and oxygen atoms in total. The van der Waals surface area contributed by atoms with E-state index in [1.807, 2.05) is 0 Å². The van der Waals surface area contributed by atoms with Crippen molar-refractivity contribution in [2.75, 3.05) is 6.61 Å². The summed E-state index contributed by atoms with van der Waals surface area (Å²) in [5.74, 6) is 0.884. The molecule has 0 heterocycles. The Labute approximate surface area is 70.1 Å². The van der Waals surface area contributed by atoms with Gasteiger partial charge in [-0.1, -0.05) is 25.0 Å². The van der Waals surface area contributed by atoms with Crippen LogP contribution in [0.5, 0.6) is 0 Å². The maximum Gasteiger partial charge on any atom is 0.0498 e. The van der Waals surface area contributed by atoms with Crippen molar-refractivity contribution < 1.29 is 5.11 Å². The Morgan fingerprint density at radius 3 is 1.73 bits per heavy atom. The van der Waals surface area contributed by atoms with Gasteiger partial charge in [-0.25, -0.2) is 0 Å². The first-order valence-corrected chi connectivity index (χ1v) is 4.25. The molecule has 0 aromatic carbocycles. The quantitative estimate of drug-likeness (QED) is 0.623. The molecule has 1 heteroatoms. The van der Waals surface area contributed by atoms with E-state index in [1.54, 1.807) is 0 Å². The van der Waals surface area contributed by atoms with Gasteiger partial charge in [-0.15, -0.1) is 0 Å². The maximum absolute atomic E-state index is 9.08. The smallest absolute Gasteiger partial charge is 0.0498 e. The summed E-state index contributed by atoms with van der Waals surface area (Å²) >= 11 is 0. The minimum atomic E-state index is 0.273. The highest BCUT2D eigenvalue weighted by molar-refractivity contribution is 5.11. The second-order valence-electron chi connectivity index (χ2n) is 3.72. The summed E-state index contributed by atoms with van der Waals surface area (Å²) in [6, 6.07) is 0. The molecular weight excluding hydrogens is 136 g/mol. The second kappa shape index (κ2) is 4.55.